The van der Waals surface area contributed by atoms with Gasteiger partial charge in [-0.1, -0.05) is 49.3 Å². The van der Waals surface area contributed by atoms with Gasteiger partial charge in [-0.3, -0.25) is 9.80 Å². The summed E-state index contributed by atoms with van der Waals surface area (Å²) in [6.45, 7) is 5.69. The Hall–Kier alpha value is -0.970. The Labute approximate surface area is 133 Å². The largest absolute Gasteiger partial charge is 0.389 e. The third-order valence-corrected chi connectivity index (χ3v) is 5.14. The molecule has 1 aromatic rings. The lowest BCUT2D eigenvalue weighted by molar-refractivity contribution is 0.0937. The first-order chi connectivity index (χ1) is 10.2. The van der Waals surface area contributed by atoms with E-state index in [4.69, 9.17) is 18.0 Å². The zero-order valence-electron chi connectivity index (χ0n) is 12.6. The second-order valence-electron chi connectivity index (χ2n) is 6.27. The topological polar surface area (TPSA) is 32.5 Å². The molecule has 2 N–H and O–H groups in total. The van der Waals surface area contributed by atoms with Crippen LogP contribution in [0, 0.1) is 0 Å². The molecule has 0 atom stereocenters. The van der Waals surface area contributed by atoms with Gasteiger partial charge in [-0.05, 0) is 18.4 Å². The fourth-order valence-corrected chi connectivity index (χ4v) is 3.89. The summed E-state index contributed by atoms with van der Waals surface area (Å²) in [5.41, 5.74) is 8.13. The highest BCUT2D eigenvalue weighted by Crippen LogP contribution is 2.24. The predicted octanol–water partition coefficient (Wildman–Crippen LogP) is 2.38. The van der Waals surface area contributed by atoms with Gasteiger partial charge in [0.1, 0.15) is 4.99 Å². The molecule has 2 aliphatic rings. The lowest BCUT2D eigenvalue weighted by atomic mass is 10.1. The molecule has 4 heteroatoms. The molecule has 3 nitrogen and oxygen atoms in total. The van der Waals surface area contributed by atoms with Gasteiger partial charge in [0.15, 0.2) is 0 Å². The number of hydrogen-bond acceptors (Lipinski definition) is 3. The van der Waals surface area contributed by atoms with Crippen molar-refractivity contribution in [2.24, 2.45) is 5.73 Å². The average Bonchev–Trinajstić information content (AvgIpc) is 3.03. The Bertz CT molecular complexity index is 489. The standard InChI is InChI=1S/C17H25N3S/c18-17(21)16-8-4-1-5-14(16)13-19-9-11-20(12-10-19)15-6-2-3-7-15/h1,4-5,8,15H,2-3,6-7,9-13H2,(H2,18,21). The number of rotatable bonds is 4. The van der Waals surface area contributed by atoms with Crippen molar-refractivity contribution in [1.82, 2.24) is 9.80 Å². The third kappa shape index (κ3) is 3.62. The quantitative estimate of drug-likeness (QED) is 0.866. The number of thiocarbonyl (C=S) groups is 1. The molecule has 0 radical (unpaired) electrons. The first kappa shape index (κ1) is 14.9. The van der Waals surface area contributed by atoms with Gasteiger partial charge in [0.2, 0.25) is 0 Å². The molecule has 1 saturated heterocycles. The molecule has 0 amide bonds. The summed E-state index contributed by atoms with van der Waals surface area (Å²) >= 11 is 5.16. The number of nitrogens with zero attached hydrogens (tertiary/aromatic N) is 2. The van der Waals surface area contributed by atoms with Crippen LogP contribution in [0.25, 0.3) is 0 Å². The molecule has 1 heterocycles. The lowest BCUT2D eigenvalue weighted by Gasteiger charge is -2.38. The summed E-state index contributed by atoms with van der Waals surface area (Å²) in [5, 5.41) is 0. The Balaban J connectivity index is 1.57. The maximum atomic E-state index is 5.83. The van der Waals surface area contributed by atoms with Crippen molar-refractivity contribution in [2.45, 2.75) is 38.3 Å². The SMILES string of the molecule is NC(=S)c1ccccc1CN1CCN(C2CCCC2)CC1. The fourth-order valence-electron chi connectivity index (χ4n) is 3.70. The fraction of sp³-hybridized carbons (Fsp3) is 0.588. The van der Waals surface area contributed by atoms with Crippen LogP contribution in [-0.2, 0) is 6.54 Å². The van der Waals surface area contributed by atoms with E-state index in [9.17, 15) is 0 Å². The van der Waals surface area contributed by atoms with Gasteiger partial charge in [0.05, 0.1) is 0 Å². The van der Waals surface area contributed by atoms with Crippen molar-refractivity contribution in [1.29, 1.82) is 0 Å². The van der Waals surface area contributed by atoms with E-state index in [0.717, 1.165) is 31.2 Å². The second-order valence-corrected chi connectivity index (χ2v) is 6.71. The maximum absolute atomic E-state index is 5.83. The van der Waals surface area contributed by atoms with Gasteiger partial charge in [0, 0.05) is 44.3 Å². The van der Waals surface area contributed by atoms with Gasteiger partial charge in [-0.2, -0.15) is 0 Å². The monoisotopic (exact) mass is 303 g/mol. The molecule has 0 bridgehead atoms. The van der Waals surface area contributed by atoms with Crippen LogP contribution >= 0.6 is 12.2 Å². The molecule has 0 aromatic heterocycles. The number of nitrogens with two attached hydrogens (primary N) is 1. The summed E-state index contributed by atoms with van der Waals surface area (Å²) in [7, 11) is 0. The molecule has 3 rings (SSSR count). The number of piperazine rings is 1. The first-order valence-electron chi connectivity index (χ1n) is 8.08. The highest BCUT2D eigenvalue weighted by molar-refractivity contribution is 7.80. The molecular weight excluding hydrogens is 278 g/mol. The van der Waals surface area contributed by atoms with Crippen molar-refractivity contribution >= 4 is 17.2 Å². The first-order valence-corrected chi connectivity index (χ1v) is 8.49. The molecule has 114 valence electrons. The summed E-state index contributed by atoms with van der Waals surface area (Å²) in [6.07, 6.45) is 5.66. The molecular formula is C17H25N3S. The molecule has 1 aromatic carbocycles. The van der Waals surface area contributed by atoms with Crippen molar-refractivity contribution in [3.05, 3.63) is 35.4 Å². The zero-order valence-corrected chi connectivity index (χ0v) is 13.4. The smallest absolute Gasteiger partial charge is 0.104 e. The van der Waals surface area contributed by atoms with Crippen LogP contribution in [0.2, 0.25) is 0 Å². The van der Waals surface area contributed by atoms with Crippen LogP contribution in [0.5, 0.6) is 0 Å². The van der Waals surface area contributed by atoms with Gasteiger partial charge in [-0.25, -0.2) is 0 Å². The summed E-state index contributed by atoms with van der Waals surface area (Å²) in [6, 6.07) is 9.13. The summed E-state index contributed by atoms with van der Waals surface area (Å²) in [5.74, 6) is 0. The van der Waals surface area contributed by atoms with Crippen LogP contribution in [0.15, 0.2) is 24.3 Å². The van der Waals surface area contributed by atoms with E-state index in [-0.39, 0.29) is 0 Å². The lowest BCUT2D eigenvalue weighted by Crippen LogP contribution is -2.49. The van der Waals surface area contributed by atoms with Crippen LogP contribution < -0.4 is 5.73 Å². The Morgan fingerprint density at radius 2 is 1.76 bits per heavy atom. The highest BCUT2D eigenvalue weighted by atomic mass is 32.1. The van der Waals surface area contributed by atoms with Crippen LogP contribution in [0.4, 0.5) is 0 Å². The molecule has 0 unspecified atom stereocenters. The predicted molar refractivity (Wildman–Crippen MR) is 91.4 cm³/mol. The van der Waals surface area contributed by atoms with E-state index in [2.05, 4.69) is 21.9 Å². The molecule has 21 heavy (non-hydrogen) atoms. The summed E-state index contributed by atoms with van der Waals surface area (Å²) < 4.78 is 0. The zero-order chi connectivity index (χ0) is 14.7. The van der Waals surface area contributed by atoms with Crippen molar-refractivity contribution in [3.8, 4) is 0 Å². The highest BCUT2D eigenvalue weighted by Gasteiger charge is 2.26. The maximum Gasteiger partial charge on any atom is 0.104 e. The van der Waals surface area contributed by atoms with E-state index >= 15 is 0 Å². The minimum atomic E-state index is 0.509. The minimum Gasteiger partial charge on any atom is -0.389 e. The van der Waals surface area contributed by atoms with Gasteiger partial charge >= 0.3 is 0 Å². The second kappa shape index (κ2) is 6.86. The molecule has 1 aliphatic heterocycles. The Morgan fingerprint density at radius 3 is 2.43 bits per heavy atom. The van der Waals surface area contributed by atoms with E-state index in [0.29, 0.717) is 4.99 Å². The minimum absolute atomic E-state index is 0.509. The van der Waals surface area contributed by atoms with Crippen LogP contribution in [0.3, 0.4) is 0 Å². The van der Waals surface area contributed by atoms with Crippen molar-refractivity contribution in [3.63, 3.8) is 0 Å². The van der Waals surface area contributed by atoms with E-state index in [1.807, 2.05) is 12.1 Å². The van der Waals surface area contributed by atoms with Gasteiger partial charge < -0.3 is 5.73 Å². The van der Waals surface area contributed by atoms with E-state index < -0.39 is 0 Å². The van der Waals surface area contributed by atoms with Gasteiger partial charge in [-0.15, -0.1) is 0 Å². The van der Waals surface area contributed by atoms with Crippen LogP contribution in [-0.4, -0.2) is 47.0 Å². The third-order valence-electron chi connectivity index (χ3n) is 4.92. The molecule has 2 fully saturated rings. The van der Waals surface area contributed by atoms with Crippen LogP contribution in [0.1, 0.15) is 36.8 Å². The normalized spacial score (nSPS) is 21.7. The number of hydrogen-bond donors (Lipinski definition) is 1. The molecule has 1 saturated carbocycles. The number of benzene rings is 1. The van der Waals surface area contributed by atoms with Crippen molar-refractivity contribution in [2.75, 3.05) is 26.2 Å². The Morgan fingerprint density at radius 1 is 1.10 bits per heavy atom. The Kier molecular flexibility index (Phi) is 4.88. The molecule has 1 aliphatic carbocycles. The summed E-state index contributed by atoms with van der Waals surface area (Å²) in [4.78, 5) is 5.74. The van der Waals surface area contributed by atoms with E-state index in [1.165, 1.54) is 44.3 Å². The molecule has 0 spiro atoms. The van der Waals surface area contributed by atoms with Crippen molar-refractivity contribution < 1.29 is 0 Å². The van der Waals surface area contributed by atoms with E-state index in [1.54, 1.807) is 0 Å². The van der Waals surface area contributed by atoms with Gasteiger partial charge in [0.25, 0.3) is 0 Å². The average molecular weight is 303 g/mol.